The third kappa shape index (κ3) is 2.98. The van der Waals surface area contributed by atoms with E-state index in [0.717, 1.165) is 12.1 Å². The molecule has 0 saturated heterocycles. The quantitative estimate of drug-likeness (QED) is 0.805. The number of carbonyl (C=O) groups is 1. The molecule has 0 atom stereocenters. The fourth-order valence-electron chi connectivity index (χ4n) is 1.40. The van der Waals surface area contributed by atoms with Gasteiger partial charge in [0.2, 0.25) is 17.8 Å². The van der Waals surface area contributed by atoms with Gasteiger partial charge in [0.15, 0.2) is 0 Å². The van der Waals surface area contributed by atoms with Crippen molar-refractivity contribution in [2.24, 2.45) is 5.92 Å². The molecule has 88 valence electrons. The van der Waals surface area contributed by atoms with Gasteiger partial charge in [0.25, 0.3) is 0 Å². The molecule has 1 aromatic rings. The van der Waals surface area contributed by atoms with Crippen LogP contribution in [-0.4, -0.2) is 10.9 Å². The summed E-state index contributed by atoms with van der Waals surface area (Å²) in [7, 11) is 0. The molecular formula is C11H14F2N2O. The van der Waals surface area contributed by atoms with Gasteiger partial charge in [0, 0.05) is 5.92 Å². The van der Waals surface area contributed by atoms with Crippen molar-refractivity contribution in [2.75, 3.05) is 5.32 Å². The summed E-state index contributed by atoms with van der Waals surface area (Å²) < 4.78 is 25.6. The van der Waals surface area contributed by atoms with E-state index in [1.807, 2.05) is 13.8 Å². The van der Waals surface area contributed by atoms with Crippen molar-refractivity contribution in [1.82, 2.24) is 4.98 Å². The largest absolute Gasteiger partial charge is 0.322 e. The highest BCUT2D eigenvalue weighted by atomic mass is 19.1. The number of aromatic nitrogens is 1. The van der Waals surface area contributed by atoms with Crippen LogP contribution in [0, 0.1) is 17.8 Å². The zero-order chi connectivity index (χ0) is 12.1. The van der Waals surface area contributed by atoms with Crippen molar-refractivity contribution in [3.63, 3.8) is 0 Å². The number of halogens is 2. The topological polar surface area (TPSA) is 42.0 Å². The molecule has 0 aliphatic carbocycles. The van der Waals surface area contributed by atoms with E-state index < -0.39 is 11.9 Å². The van der Waals surface area contributed by atoms with Crippen molar-refractivity contribution < 1.29 is 13.6 Å². The van der Waals surface area contributed by atoms with E-state index in [1.54, 1.807) is 0 Å². The molecular weight excluding hydrogens is 214 g/mol. The molecule has 5 heteroatoms. The van der Waals surface area contributed by atoms with Crippen LogP contribution in [0.5, 0.6) is 0 Å². The van der Waals surface area contributed by atoms with Crippen molar-refractivity contribution in [2.45, 2.75) is 26.7 Å². The number of rotatable bonds is 4. The van der Waals surface area contributed by atoms with Gasteiger partial charge in [-0.2, -0.15) is 13.8 Å². The molecule has 1 rings (SSSR count). The van der Waals surface area contributed by atoms with Crippen LogP contribution in [0.1, 0.15) is 26.7 Å². The monoisotopic (exact) mass is 228 g/mol. The lowest BCUT2D eigenvalue weighted by molar-refractivity contribution is -0.120. The minimum atomic E-state index is -1.00. The molecule has 0 saturated carbocycles. The fourth-order valence-corrected chi connectivity index (χ4v) is 1.40. The van der Waals surface area contributed by atoms with E-state index in [0.29, 0.717) is 12.8 Å². The minimum absolute atomic E-state index is 0.0849. The van der Waals surface area contributed by atoms with Crippen LogP contribution < -0.4 is 5.32 Å². The Hall–Kier alpha value is -1.52. The molecule has 1 aromatic heterocycles. The number of amides is 1. The number of nitrogens with zero attached hydrogens (tertiary/aromatic N) is 1. The maximum absolute atomic E-state index is 13.1. The summed E-state index contributed by atoms with van der Waals surface area (Å²) in [4.78, 5) is 14.6. The molecule has 0 fully saturated rings. The maximum atomic E-state index is 13.1. The van der Waals surface area contributed by atoms with Crippen LogP contribution in [-0.2, 0) is 4.79 Å². The number of hydrogen-bond donors (Lipinski definition) is 1. The first-order chi connectivity index (χ1) is 7.58. The van der Waals surface area contributed by atoms with Gasteiger partial charge in [-0.05, 0) is 25.0 Å². The second-order valence-corrected chi connectivity index (χ2v) is 3.48. The number of hydrogen-bond acceptors (Lipinski definition) is 2. The third-order valence-electron chi connectivity index (χ3n) is 2.43. The lowest BCUT2D eigenvalue weighted by Crippen LogP contribution is -2.22. The molecule has 0 aliphatic heterocycles. The van der Waals surface area contributed by atoms with Gasteiger partial charge in [0.1, 0.15) is 0 Å². The minimum Gasteiger partial charge on any atom is -0.322 e. The zero-order valence-electron chi connectivity index (χ0n) is 9.26. The van der Waals surface area contributed by atoms with Crippen molar-refractivity contribution in [1.29, 1.82) is 0 Å². The van der Waals surface area contributed by atoms with Crippen LogP contribution in [0.15, 0.2) is 12.1 Å². The second-order valence-electron chi connectivity index (χ2n) is 3.48. The molecule has 1 amide bonds. The average molecular weight is 228 g/mol. The predicted molar refractivity (Wildman–Crippen MR) is 56.9 cm³/mol. The number of nitrogens with one attached hydrogen (secondary N) is 1. The SMILES string of the molecule is CCC(CC)C(=O)Nc1ccc(F)nc1F. The Morgan fingerprint density at radius 2 is 2.00 bits per heavy atom. The van der Waals surface area contributed by atoms with Crippen LogP contribution in [0.25, 0.3) is 0 Å². The lowest BCUT2D eigenvalue weighted by atomic mass is 10.0. The first-order valence-corrected chi connectivity index (χ1v) is 5.21. The molecule has 16 heavy (non-hydrogen) atoms. The highest BCUT2D eigenvalue weighted by Gasteiger charge is 2.16. The van der Waals surface area contributed by atoms with Crippen LogP contribution in [0.3, 0.4) is 0 Å². The standard InChI is InChI=1S/C11H14F2N2O/c1-3-7(4-2)11(16)14-8-5-6-9(12)15-10(8)13/h5-7H,3-4H2,1-2H3,(H,14,16). The fraction of sp³-hybridized carbons (Fsp3) is 0.455. The first-order valence-electron chi connectivity index (χ1n) is 5.21. The van der Waals surface area contributed by atoms with E-state index in [2.05, 4.69) is 10.3 Å². The van der Waals surface area contributed by atoms with Crippen molar-refractivity contribution in [3.8, 4) is 0 Å². The van der Waals surface area contributed by atoms with Crippen LogP contribution in [0.2, 0.25) is 0 Å². The summed E-state index contributed by atoms with van der Waals surface area (Å²) in [5, 5.41) is 2.40. The van der Waals surface area contributed by atoms with E-state index in [1.165, 1.54) is 0 Å². The van der Waals surface area contributed by atoms with Gasteiger partial charge in [0.05, 0.1) is 5.69 Å². The van der Waals surface area contributed by atoms with Gasteiger partial charge in [-0.3, -0.25) is 4.79 Å². The van der Waals surface area contributed by atoms with Crippen molar-refractivity contribution in [3.05, 3.63) is 24.0 Å². The predicted octanol–water partition coefficient (Wildman–Crippen LogP) is 2.73. The summed E-state index contributed by atoms with van der Waals surface area (Å²) in [5.74, 6) is -2.33. The summed E-state index contributed by atoms with van der Waals surface area (Å²) in [6.45, 7) is 3.76. The molecule has 0 aliphatic rings. The third-order valence-corrected chi connectivity index (χ3v) is 2.43. The molecule has 0 unspecified atom stereocenters. The number of carbonyl (C=O) groups excluding carboxylic acids is 1. The van der Waals surface area contributed by atoms with E-state index in [-0.39, 0.29) is 17.5 Å². The molecule has 1 heterocycles. The molecule has 0 spiro atoms. The lowest BCUT2D eigenvalue weighted by Gasteiger charge is -2.12. The Labute approximate surface area is 92.9 Å². The summed E-state index contributed by atoms with van der Waals surface area (Å²) in [6.07, 6.45) is 1.36. The first kappa shape index (κ1) is 12.5. The van der Waals surface area contributed by atoms with Crippen LogP contribution in [0.4, 0.5) is 14.5 Å². The van der Waals surface area contributed by atoms with Gasteiger partial charge in [-0.25, -0.2) is 0 Å². The van der Waals surface area contributed by atoms with Gasteiger partial charge in [-0.1, -0.05) is 13.8 Å². The Balaban J connectivity index is 2.76. The smallest absolute Gasteiger partial charge is 0.239 e. The van der Waals surface area contributed by atoms with E-state index in [4.69, 9.17) is 0 Å². The van der Waals surface area contributed by atoms with Gasteiger partial charge >= 0.3 is 0 Å². The molecule has 3 nitrogen and oxygen atoms in total. The maximum Gasteiger partial charge on any atom is 0.239 e. The Kier molecular flexibility index (Phi) is 4.34. The Morgan fingerprint density at radius 3 is 2.50 bits per heavy atom. The highest BCUT2D eigenvalue weighted by Crippen LogP contribution is 2.15. The summed E-state index contributed by atoms with van der Waals surface area (Å²) >= 11 is 0. The number of anilines is 1. The van der Waals surface area contributed by atoms with Gasteiger partial charge < -0.3 is 5.32 Å². The van der Waals surface area contributed by atoms with Crippen LogP contribution >= 0.6 is 0 Å². The highest BCUT2D eigenvalue weighted by molar-refractivity contribution is 5.92. The molecule has 0 bridgehead atoms. The zero-order valence-corrected chi connectivity index (χ0v) is 9.26. The van der Waals surface area contributed by atoms with Gasteiger partial charge in [-0.15, -0.1) is 0 Å². The molecule has 0 radical (unpaired) electrons. The number of pyridine rings is 1. The molecule has 1 N–H and O–H groups in total. The Morgan fingerprint density at radius 1 is 1.38 bits per heavy atom. The normalized spacial score (nSPS) is 10.6. The Bertz CT molecular complexity index is 378. The second kappa shape index (κ2) is 5.53. The van der Waals surface area contributed by atoms with Crippen molar-refractivity contribution >= 4 is 11.6 Å². The van der Waals surface area contributed by atoms with E-state index in [9.17, 15) is 13.6 Å². The summed E-state index contributed by atoms with van der Waals surface area (Å²) in [5.41, 5.74) is -0.0849. The van der Waals surface area contributed by atoms with E-state index >= 15 is 0 Å². The average Bonchev–Trinajstić information content (AvgIpc) is 2.24. The summed E-state index contributed by atoms with van der Waals surface area (Å²) in [6, 6.07) is 2.17. The molecule has 0 aromatic carbocycles.